The second-order valence-electron chi connectivity index (χ2n) is 8.61. The number of nitrogens with zero attached hydrogens (tertiary/aromatic N) is 1. The smallest absolute Gasteiger partial charge is 0.343 e. The molecule has 0 bridgehead atoms. The van der Waals surface area contributed by atoms with Crippen LogP contribution in [0, 0.1) is 0 Å². The zero-order chi connectivity index (χ0) is 30.1. The van der Waals surface area contributed by atoms with Gasteiger partial charge in [-0.05, 0) is 84.4 Å². The van der Waals surface area contributed by atoms with E-state index in [0.29, 0.717) is 39.1 Å². The minimum Gasteiger partial charge on any atom is -0.497 e. The van der Waals surface area contributed by atoms with Gasteiger partial charge in [-0.3, -0.25) is 9.59 Å². The van der Waals surface area contributed by atoms with E-state index in [-0.39, 0.29) is 16.9 Å². The highest BCUT2D eigenvalue weighted by Crippen LogP contribution is 2.29. The van der Waals surface area contributed by atoms with Crippen LogP contribution in [0.25, 0.3) is 0 Å². The number of hydrogen-bond acceptors (Lipinski definition) is 8. The molecule has 0 saturated heterocycles. The Balaban J connectivity index is 1.38. The van der Waals surface area contributed by atoms with Gasteiger partial charge in [-0.15, -0.1) is 0 Å². The van der Waals surface area contributed by atoms with Crippen molar-refractivity contribution in [3.63, 3.8) is 0 Å². The lowest BCUT2D eigenvalue weighted by Crippen LogP contribution is -2.18. The van der Waals surface area contributed by atoms with Crippen molar-refractivity contribution in [3.05, 3.63) is 112 Å². The zero-order valence-corrected chi connectivity index (χ0v) is 23.6. The van der Waals surface area contributed by atoms with Crippen LogP contribution >= 0.6 is 11.6 Å². The highest BCUT2D eigenvalue weighted by atomic mass is 35.5. The molecule has 0 aliphatic rings. The Hall–Kier alpha value is -5.35. The maximum atomic E-state index is 12.8. The lowest BCUT2D eigenvalue weighted by molar-refractivity contribution is 0.0729. The van der Waals surface area contributed by atoms with Crippen molar-refractivity contribution in [1.29, 1.82) is 0 Å². The molecule has 0 unspecified atom stereocenters. The van der Waals surface area contributed by atoms with Gasteiger partial charge >= 0.3 is 5.97 Å². The normalized spacial score (nSPS) is 10.6. The van der Waals surface area contributed by atoms with Crippen LogP contribution in [0.2, 0.25) is 5.02 Å². The summed E-state index contributed by atoms with van der Waals surface area (Å²) in [7, 11) is 4.43. The van der Waals surface area contributed by atoms with Gasteiger partial charge in [0, 0.05) is 16.3 Å². The predicted molar refractivity (Wildman–Crippen MR) is 158 cm³/mol. The molecular weight excluding hydrogens is 562 g/mol. The first kappa shape index (κ1) is 29.6. The van der Waals surface area contributed by atoms with Crippen molar-refractivity contribution < 1.29 is 33.3 Å². The summed E-state index contributed by atoms with van der Waals surface area (Å²) in [5.41, 5.74) is 4.28. The van der Waals surface area contributed by atoms with Gasteiger partial charge in [0.25, 0.3) is 11.8 Å². The molecule has 42 heavy (non-hydrogen) atoms. The maximum Gasteiger partial charge on any atom is 0.343 e. The van der Waals surface area contributed by atoms with Crippen molar-refractivity contribution in [2.75, 3.05) is 26.6 Å². The molecule has 0 radical (unpaired) electrons. The van der Waals surface area contributed by atoms with E-state index < -0.39 is 17.8 Å². The van der Waals surface area contributed by atoms with Crippen LogP contribution in [0.15, 0.2) is 90.0 Å². The summed E-state index contributed by atoms with van der Waals surface area (Å²) in [6.07, 6.45) is 1.41. The third-order valence-electron chi connectivity index (χ3n) is 5.88. The molecule has 0 aliphatic carbocycles. The van der Waals surface area contributed by atoms with E-state index in [4.69, 9.17) is 30.5 Å². The summed E-state index contributed by atoms with van der Waals surface area (Å²) in [6, 6.07) is 22.4. The molecule has 11 heteroatoms. The van der Waals surface area contributed by atoms with Gasteiger partial charge in [-0.2, -0.15) is 5.10 Å². The van der Waals surface area contributed by atoms with Crippen molar-refractivity contribution in [2.45, 2.75) is 0 Å². The molecule has 0 atom stereocenters. The summed E-state index contributed by atoms with van der Waals surface area (Å²) in [6.45, 7) is 0. The molecule has 4 aromatic carbocycles. The highest BCUT2D eigenvalue weighted by molar-refractivity contribution is 6.31. The molecule has 10 nitrogen and oxygen atoms in total. The Labute approximate surface area is 246 Å². The summed E-state index contributed by atoms with van der Waals surface area (Å²) in [4.78, 5) is 38.0. The Morgan fingerprint density at radius 3 is 2.19 bits per heavy atom. The van der Waals surface area contributed by atoms with E-state index in [1.165, 1.54) is 39.7 Å². The number of carbonyl (C=O) groups is 3. The van der Waals surface area contributed by atoms with E-state index in [1.54, 1.807) is 72.8 Å². The molecule has 4 rings (SSSR count). The Morgan fingerprint density at radius 2 is 1.48 bits per heavy atom. The topological polar surface area (TPSA) is 125 Å². The molecule has 0 fully saturated rings. The van der Waals surface area contributed by atoms with Crippen LogP contribution in [0.1, 0.15) is 36.6 Å². The van der Waals surface area contributed by atoms with E-state index in [1.807, 2.05) is 0 Å². The minimum atomic E-state index is -0.560. The number of methoxy groups -OCH3 is 3. The molecule has 2 amide bonds. The molecule has 4 aromatic rings. The van der Waals surface area contributed by atoms with Gasteiger partial charge in [0.15, 0.2) is 11.5 Å². The van der Waals surface area contributed by atoms with E-state index in [9.17, 15) is 14.4 Å². The van der Waals surface area contributed by atoms with Crippen molar-refractivity contribution in [1.82, 2.24) is 5.43 Å². The number of nitrogens with one attached hydrogen (secondary N) is 2. The number of hydrogen-bond donors (Lipinski definition) is 2. The van der Waals surface area contributed by atoms with Crippen LogP contribution in [0.3, 0.4) is 0 Å². The lowest BCUT2D eigenvalue weighted by Gasteiger charge is -2.11. The molecule has 0 aromatic heterocycles. The lowest BCUT2D eigenvalue weighted by atomic mass is 10.1. The first-order chi connectivity index (χ1) is 20.3. The SMILES string of the molecule is COc1ccc(C(=O)Oc2ccc(C=NNC(=O)c3cccc(NC(=O)c4cc(Cl)ccc4OC)c3)cc2OC)cc1. The number of carbonyl (C=O) groups excluding carboxylic acids is 3. The summed E-state index contributed by atoms with van der Waals surface area (Å²) >= 11 is 6.02. The van der Waals surface area contributed by atoms with E-state index in [0.717, 1.165) is 0 Å². The number of ether oxygens (including phenoxy) is 4. The first-order valence-electron chi connectivity index (χ1n) is 12.4. The summed E-state index contributed by atoms with van der Waals surface area (Å²) in [5, 5.41) is 7.12. The number of amides is 2. The number of halogens is 1. The fraction of sp³-hybridized carbons (Fsp3) is 0.0968. The highest BCUT2D eigenvalue weighted by Gasteiger charge is 2.15. The second kappa shape index (κ2) is 13.8. The molecule has 214 valence electrons. The monoisotopic (exact) mass is 587 g/mol. The molecular formula is C31H26ClN3O7. The number of hydrazone groups is 1. The molecule has 0 aliphatic heterocycles. The summed E-state index contributed by atoms with van der Waals surface area (Å²) < 4.78 is 21.2. The maximum absolute atomic E-state index is 12.8. The van der Waals surface area contributed by atoms with Gasteiger partial charge in [-0.25, -0.2) is 10.2 Å². The predicted octanol–water partition coefficient (Wildman–Crippen LogP) is 5.60. The van der Waals surface area contributed by atoms with Crippen LogP contribution in [0.5, 0.6) is 23.0 Å². The Kier molecular flexibility index (Phi) is 9.75. The average Bonchev–Trinajstić information content (AvgIpc) is 3.01. The zero-order valence-electron chi connectivity index (χ0n) is 22.8. The molecule has 0 heterocycles. The third-order valence-corrected chi connectivity index (χ3v) is 6.12. The largest absolute Gasteiger partial charge is 0.497 e. The van der Waals surface area contributed by atoms with Gasteiger partial charge < -0.3 is 24.3 Å². The number of esters is 1. The first-order valence-corrected chi connectivity index (χ1v) is 12.8. The van der Waals surface area contributed by atoms with Crippen molar-refractivity contribution in [3.8, 4) is 23.0 Å². The van der Waals surface area contributed by atoms with Crippen molar-refractivity contribution >= 4 is 41.3 Å². The summed E-state index contributed by atoms with van der Waals surface area (Å²) in [5.74, 6) is -0.0125. The van der Waals surface area contributed by atoms with Crippen molar-refractivity contribution in [2.24, 2.45) is 5.10 Å². The number of anilines is 1. The quantitative estimate of drug-likeness (QED) is 0.107. The minimum absolute atomic E-state index is 0.216. The average molecular weight is 588 g/mol. The number of rotatable bonds is 10. The molecule has 0 spiro atoms. The van der Waals surface area contributed by atoms with Crippen LogP contribution in [-0.4, -0.2) is 45.3 Å². The second-order valence-corrected chi connectivity index (χ2v) is 9.04. The number of benzene rings is 4. The van der Waals surface area contributed by atoms with Crippen LogP contribution in [-0.2, 0) is 0 Å². The van der Waals surface area contributed by atoms with Gasteiger partial charge in [0.2, 0.25) is 0 Å². The third kappa shape index (κ3) is 7.43. The fourth-order valence-electron chi connectivity index (χ4n) is 3.76. The van der Waals surface area contributed by atoms with Gasteiger partial charge in [0.1, 0.15) is 11.5 Å². The van der Waals surface area contributed by atoms with Gasteiger partial charge in [-0.1, -0.05) is 17.7 Å². The molecule has 0 saturated carbocycles. The fourth-order valence-corrected chi connectivity index (χ4v) is 3.93. The molecule has 2 N–H and O–H groups in total. The van der Waals surface area contributed by atoms with Crippen LogP contribution < -0.4 is 29.7 Å². The Morgan fingerprint density at radius 1 is 0.738 bits per heavy atom. The standard InChI is InChI=1S/C31H26ClN3O7/c1-39-24-11-8-20(9-12-24)31(38)42-27-13-7-19(15-28(27)41-3)18-33-35-29(36)21-5-4-6-23(16-21)34-30(37)25-17-22(32)10-14-26(25)40-2/h4-18H,1-3H3,(H,34,37)(H,35,36). The Bertz CT molecular complexity index is 1640. The van der Waals surface area contributed by atoms with E-state index >= 15 is 0 Å². The van der Waals surface area contributed by atoms with Gasteiger partial charge in [0.05, 0.1) is 38.7 Å². The van der Waals surface area contributed by atoms with E-state index in [2.05, 4.69) is 15.8 Å². The van der Waals surface area contributed by atoms with Crippen LogP contribution in [0.4, 0.5) is 5.69 Å².